The summed E-state index contributed by atoms with van der Waals surface area (Å²) in [7, 11) is 5.65. The van der Waals surface area contributed by atoms with E-state index in [0.717, 1.165) is 11.1 Å². The van der Waals surface area contributed by atoms with Gasteiger partial charge in [-0.3, -0.25) is 14.6 Å². The first-order valence-electron chi connectivity index (χ1n) is 10.2. The molecule has 5 nitrogen and oxygen atoms in total. The highest BCUT2D eigenvalue weighted by Crippen LogP contribution is 2.20. The van der Waals surface area contributed by atoms with Crippen molar-refractivity contribution in [1.29, 1.82) is 0 Å². The van der Waals surface area contributed by atoms with Gasteiger partial charge in [-0.2, -0.15) is 0 Å². The standard InChI is InChI=1S/C26H19BClN3O2/c27-20-10-15-23(29-16-20)26(33)31-25(30-22-13-11-21(28)12-14-22)24(32)19-8-6-18(7-9-19)17-4-2-1-3-5-17/h1-16,25,30H,(H,31,33). The SMILES string of the molecule is [B]c1ccc(C(=O)NC(Nc2ccc(Cl)cc2)C(=O)c2ccc(-c3ccccc3)cc2)nc1. The van der Waals surface area contributed by atoms with Crippen LogP contribution in [0, 0.1) is 0 Å². The third kappa shape index (κ3) is 5.67. The van der Waals surface area contributed by atoms with Gasteiger partial charge < -0.3 is 10.6 Å². The number of carbonyl (C=O) groups excluding carboxylic acids is 2. The summed E-state index contributed by atoms with van der Waals surface area (Å²) in [5, 5.41) is 6.36. The van der Waals surface area contributed by atoms with Gasteiger partial charge >= 0.3 is 0 Å². The summed E-state index contributed by atoms with van der Waals surface area (Å²) in [6, 6.07) is 27.1. The number of hydrogen-bond donors (Lipinski definition) is 2. The first-order chi connectivity index (χ1) is 16.0. The minimum Gasteiger partial charge on any atom is -0.359 e. The van der Waals surface area contributed by atoms with Crippen LogP contribution in [0.25, 0.3) is 11.1 Å². The van der Waals surface area contributed by atoms with Crippen LogP contribution in [0.4, 0.5) is 5.69 Å². The predicted octanol–water partition coefficient (Wildman–Crippen LogP) is 4.25. The van der Waals surface area contributed by atoms with Gasteiger partial charge in [0.05, 0.1) is 0 Å². The summed E-state index contributed by atoms with van der Waals surface area (Å²) < 4.78 is 0. The Labute approximate surface area is 198 Å². The monoisotopic (exact) mass is 451 g/mol. The molecule has 1 unspecified atom stereocenters. The minimum atomic E-state index is -1.03. The van der Waals surface area contributed by atoms with E-state index in [1.54, 1.807) is 42.5 Å². The molecule has 1 aromatic heterocycles. The van der Waals surface area contributed by atoms with Crippen LogP contribution in [0.15, 0.2) is 97.2 Å². The van der Waals surface area contributed by atoms with Gasteiger partial charge in [0.1, 0.15) is 13.5 Å². The molecule has 1 heterocycles. The molecule has 1 amide bonds. The number of halogens is 1. The maximum absolute atomic E-state index is 13.3. The van der Waals surface area contributed by atoms with Crippen molar-refractivity contribution in [2.45, 2.75) is 6.17 Å². The Hall–Kier alpha value is -3.90. The Kier molecular flexibility index (Phi) is 6.86. The van der Waals surface area contributed by atoms with Gasteiger partial charge in [0.2, 0.25) is 5.78 Å². The molecule has 0 saturated heterocycles. The number of hydrogen-bond acceptors (Lipinski definition) is 4. The second-order valence-corrected chi connectivity index (χ2v) is 7.78. The molecule has 33 heavy (non-hydrogen) atoms. The third-order valence-electron chi connectivity index (χ3n) is 4.99. The summed E-state index contributed by atoms with van der Waals surface area (Å²) in [4.78, 5) is 30.1. The molecule has 0 spiro atoms. The van der Waals surface area contributed by atoms with E-state index >= 15 is 0 Å². The van der Waals surface area contributed by atoms with Crippen LogP contribution in [0.1, 0.15) is 20.8 Å². The van der Waals surface area contributed by atoms with Crippen LogP contribution in [0.5, 0.6) is 0 Å². The van der Waals surface area contributed by atoms with E-state index in [-0.39, 0.29) is 11.5 Å². The van der Waals surface area contributed by atoms with Crippen LogP contribution >= 0.6 is 11.6 Å². The molecule has 0 aliphatic rings. The topological polar surface area (TPSA) is 71.1 Å². The van der Waals surface area contributed by atoms with Crippen LogP contribution in [0.3, 0.4) is 0 Å². The zero-order valence-corrected chi connectivity index (χ0v) is 18.3. The van der Waals surface area contributed by atoms with Crippen LogP contribution in [0.2, 0.25) is 5.02 Å². The van der Waals surface area contributed by atoms with Crippen molar-refractivity contribution in [1.82, 2.24) is 10.3 Å². The molecule has 0 fully saturated rings. The number of nitrogens with one attached hydrogen (secondary N) is 2. The molecule has 0 saturated carbocycles. The highest BCUT2D eigenvalue weighted by molar-refractivity contribution is 6.32. The number of rotatable bonds is 7. The molecule has 1 atom stereocenters. The van der Waals surface area contributed by atoms with E-state index in [2.05, 4.69) is 15.6 Å². The van der Waals surface area contributed by atoms with Crippen molar-refractivity contribution in [3.05, 3.63) is 113 Å². The summed E-state index contributed by atoms with van der Waals surface area (Å²) in [5.74, 6) is -0.802. The Morgan fingerprint density at radius 2 is 1.48 bits per heavy atom. The van der Waals surface area contributed by atoms with Crippen LogP contribution in [-0.2, 0) is 0 Å². The first-order valence-corrected chi connectivity index (χ1v) is 10.6. The van der Waals surface area contributed by atoms with Gasteiger partial charge in [0.15, 0.2) is 6.17 Å². The van der Waals surface area contributed by atoms with Gasteiger partial charge in [0.25, 0.3) is 5.91 Å². The quantitative estimate of drug-likeness (QED) is 0.250. The Bertz CT molecular complexity index is 1250. The molecule has 2 radical (unpaired) electrons. The molecule has 160 valence electrons. The fraction of sp³-hybridized carbons (Fsp3) is 0.0385. The second-order valence-electron chi connectivity index (χ2n) is 7.34. The molecule has 2 N–H and O–H groups in total. The summed E-state index contributed by atoms with van der Waals surface area (Å²) in [6.45, 7) is 0. The lowest BCUT2D eigenvalue weighted by atomic mass is 9.99. The Morgan fingerprint density at radius 3 is 2.12 bits per heavy atom. The number of Topliss-reactive ketones (excluding diaryl/α,β-unsaturated/α-hetero) is 1. The highest BCUT2D eigenvalue weighted by atomic mass is 35.5. The van der Waals surface area contributed by atoms with E-state index in [0.29, 0.717) is 21.7 Å². The predicted molar refractivity (Wildman–Crippen MR) is 132 cm³/mol. The molecular formula is C26H19BClN3O2. The maximum Gasteiger partial charge on any atom is 0.271 e. The number of aromatic nitrogens is 1. The first kappa shape index (κ1) is 22.3. The number of ketones is 1. The molecule has 7 heteroatoms. The number of benzene rings is 3. The highest BCUT2D eigenvalue weighted by Gasteiger charge is 2.23. The summed E-state index contributed by atoms with van der Waals surface area (Å²) in [6.07, 6.45) is 0.362. The van der Waals surface area contributed by atoms with Crippen molar-refractivity contribution < 1.29 is 9.59 Å². The number of carbonyl (C=O) groups is 2. The normalized spacial score (nSPS) is 11.4. The lowest BCUT2D eigenvalue weighted by Crippen LogP contribution is -2.46. The van der Waals surface area contributed by atoms with Gasteiger partial charge in [0, 0.05) is 22.5 Å². The van der Waals surface area contributed by atoms with Crippen molar-refractivity contribution in [2.75, 3.05) is 5.32 Å². The zero-order valence-electron chi connectivity index (χ0n) is 17.5. The smallest absolute Gasteiger partial charge is 0.271 e. The average molecular weight is 452 g/mol. The largest absolute Gasteiger partial charge is 0.359 e. The molecule has 3 aromatic carbocycles. The average Bonchev–Trinajstić information content (AvgIpc) is 2.85. The second kappa shape index (κ2) is 10.1. The van der Waals surface area contributed by atoms with Crippen LogP contribution < -0.4 is 16.1 Å². The lowest BCUT2D eigenvalue weighted by molar-refractivity contribution is 0.0866. The molecule has 0 bridgehead atoms. The molecule has 0 aliphatic heterocycles. The van der Waals surface area contributed by atoms with E-state index in [9.17, 15) is 9.59 Å². The number of pyridine rings is 1. The Balaban J connectivity index is 1.58. The number of amides is 1. The summed E-state index contributed by atoms with van der Waals surface area (Å²) >= 11 is 5.97. The van der Waals surface area contributed by atoms with E-state index < -0.39 is 12.1 Å². The van der Waals surface area contributed by atoms with Gasteiger partial charge in [-0.15, -0.1) is 0 Å². The van der Waals surface area contributed by atoms with Crippen molar-refractivity contribution in [3.8, 4) is 11.1 Å². The van der Waals surface area contributed by atoms with Crippen molar-refractivity contribution >= 4 is 42.3 Å². The third-order valence-corrected chi connectivity index (χ3v) is 5.24. The zero-order chi connectivity index (χ0) is 23.2. The van der Waals surface area contributed by atoms with Gasteiger partial charge in [-0.25, -0.2) is 0 Å². The molecule has 4 aromatic rings. The van der Waals surface area contributed by atoms with E-state index in [4.69, 9.17) is 19.4 Å². The fourth-order valence-corrected chi connectivity index (χ4v) is 3.37. The van der Waals surface area contributed by atoms with Crippen molar-refractivity contribution in [3.63, 3.8) is 0 Å². The summed E-state index contributed by atoms with van der Waals surface area (Å²) in [5.41, 5.74) is 3.71. The lowest BCUT2D eigenvalue weighted by Gasteiger charge is -2.20. The maximum atomic E-state index is 13.3. The minimum absolute atomic E-state index is 0.152. The van der Waals surface area contributed by atoms with Crippen LogP contribution in [-0.4, -0.2) is 30.7 Å². The van der Waals surface area contributed by atoms with Gasteiger partial charge in [-0.05, 0) is 41.5 Å². The molecule has 4 rings (SSSR count). The van der Waals surface area contributed by atoms with E-state index in [1.165, 1.54) is 12.3 Å². The fourth-order valence-electron chi connectivity index (χ4n) is 3.25. The number of anilines is 1. The Morgan fingerprint density at radius 1 is 0.818 bits per heavy atom. The number of nitrogens with zero attached hydrogens (tertiary/aromatic N) is 1. The molecular weight excluding hydrogens is 433 g/mol. The van der Waals surface area contributed by atoms with Gasteiger partial charge in [-0.1, -0.05) is 77.7 Å². The molecule has 0 aliphatic carbocycles. The van der Waals surface area contributed by atoms with Crippen molar-refractivity contribution in [2.24, 2.45) is 0 Å². The van der Waals surface area contributed by atoms with E-state index in [1.807, 2.05) is 42.5 Å².